The summed E-state index contributed by atoms with van der Waals surface area (Å²) in [6.07, 6.45) is 0. The number of hydrogen-bond donors (Lipinski definition) is 2. The molecule has 0 fully saturated rings. The standard InChI is InChI=1S/C16H14Cl2N2O3S/c17-10-1-6-13(18)14(7-10)24-9-16(22)20-11-2-4-12(5-3-11)23-8-15(19)21/h1-7H,8-9H2,(H2,19,21)(H,20,22). The Bertz CT molecular complexity index is 739. The van der Waals surface area contributed by atoms with Crippen LogP contribution in [0.25, 0.3) is 0 Å². The first-order chi connectivity index (χ1) is 11.4. The lowest BCUT2D eigenvalue weighted by molar-refractivity contribution is -0.120. The van der Waals surface area contributed by atoms with Crippen LogP contribution in [-0.2, 0) is 9.59 Å². The van der Waals surface area contributed by atoms with Crippen LogP contribution in [0.5, 0.6) is 5.75 Å². The van der Waals surface area contributed by atoms with Crippen molar-refractivity contribution in [1.29, 1.82) is 0 Å². The number of nitrogens with two attached hydrogens (primary N) is 1. The van der Waals surface area contributed by atoms with Crippen molar-refractivity contribution < 1.29 is 14.3 Å². The van der Waals surface area contributed by atoms with Crippen molar-refractivity contribution in [1.82, 2.24) is 0 Å². The molecular formula is C16H14Cl2N2O3S. The topological polar surface area (TPSA) is 81.4 Å². The maximum atomic E-state index is 12.0. The number of anilines is 1. The van der Waals surface area contributed by atoms with Crippen LogP contribution in [0.4, 0.5) is 5.69 Å². The molecule has 0 spiro atoms. The number of hydrogen-bond acceptors (Lipinski definition) is 4. The van der Waals surface area contributed by atoms with Crippen molar-refractivity contribution in [2.45, 2.75) is 4.90 Å². The SMILES string of the molecule is NC(=O)COc1ccc(NC(=O)CSc2cc(Cl)ccc2Cl)cc1. The molecule has 2 rings (SSSR count). The maximum absolute atomic E-state index is 12.0. The molecule has 8 heteroatoms. The Morgan fingerprint density at radius 1 is 1.12 bits per heavy atom. The molecule has 5 nitrogen and oxygen atoms in total. The molecule has 3 N–H and O–H groups in total. The normalized spacial score (nSPS) is 10.2. The van der Waals surface area contributed by atoms with E-state index >= 15 is 0 Å². The zero-order valence-electron chi connectivity index (χ0n) is 12.4. The molecule has 0 aliphatic carbocycles. The minimum absolute atomic E-state index is 0.179. The zero-order chi connectivity index (χ0) is 17.5. The summed E-state index contributed by atoms with van der Waals surface area (Å²) in [5, 5.41) is 3.87. The number of nitrogens with one attached hydrogen (secondary N) is 1. The van der Waals surface area contributed by atoms with Crippen LogP contribution in [0.3, 0.4) is 0 Å². The van der Waals surface area contributed by atoms with Crippen LogP contribution in [0, 0.1) is 0 Å². The van der Waals surface area contributed by atoms with Gasteiger partial charge in [0.25, 0.3) is 5.91 Å². The first-order valence-corrected chi connectivity index (χ1v) is 8.57. The summed E-state index contributed by atoms with van der Waals surface area (Å²) in [4.78, 5) is 23.4. The second kappa shape index (κ2) is 8.82. The van der Waals surface area contributed by atoms with Crippen LogP contribution in [0.15, 0.2) is 47.4 Å². The van der Waals surface area contributed by atoms with E-state index in [-0.39, 0.29) is 18.3 Å². The van der Waals surface area contributed by atoms with Gasteiger partial charge in [0.2, 0.25) is 5.91 Å². The van der Waals surface area contributed by atoms with Crippen molar-refractivity contribution in [3.63, 3.8) is 0 Å². The third-order valence-electron chi connectivity index (χ3n) is 2.77. The van der Waals surface area contributed by atoms with Gasteiger partial charge in [0.1, 0.15) is 5.75 Å². The number of primary amides is 1. The highest BCUT2D eigenvalue weighted by molar-refractivity contribution is 8.00. The Kier molecular flexibility index (Phi) is 6.78. The fourth-order valence-electron chi connectivity index (χ4n) is 1.72. The zero-order valence-corrected chi connectivity index (χ0v) is 14.8. The van der Waals surface area contributed by atoms with Crippen molar-refractivity contribution >= 4 is 52.5 Å². The summed E-state index contributed by atoms with van der Waals surface area (Å²) in [6, 6.07) is 11.7. The van der Waals surface area contributed by atoms with Gasteiger partial charge in [0.05, 0.1) is 10.8 Å². The molecule has 0 heterocycles. The molecular weight excluding hydrogens is 371 g/mol. The largest absolute Gasteiger partial charge is 0.484 e. The molecule has 0 aliphatic heterocycles. The summed E-state index contributed by atoms with van der Waals surface area (Å²) < 4.78 is 5.14. The lowest BCUT2D eigenvalue weighted by Gasteiger charge is -2.08. The molecule has 0 saturated heterocycles. The number of benzene rings is 2. The van der Waals surface area contributed by atoms with E-state index in [4.69, 9.17) is 33.7 Å². The fraction of sp³-hybridized carbons (Fsp3) is 0.125. The Morgan fingerprint density at radius 2 is 1.83 bits per heavy atom. The molecule has 0 aromatic heterocycles. The van der Waals surface area contributed by atoms with Gasteiger partial charge in [-0.05, 0) is 42.5 Å². The molecule has 0 aliphatic rings. The summed E-state index contributed by atoms with van der Waals surface area (Å²) in [7, 11) is 0. The predicted octanol–water partition coefficient (Wildman–Crippen LogP) is 3.59. The molecule has 2 amide bonds. The lowest BCUT2D eigenvalue weighted by atomic mass is 10.3. The molecule has 0 unspecified atom stereocenters. The number of ether oxygens (including phenoxy) is 1. The number of rotatable bonds is 7. The molecule has 24 heavy (non-hydrogen) atoms. The third-order valence-corrected chi connectivity index (χ3v) is 4.50. The van der Waals surface area contributed by atoms with Gasteiger partial charge in [-0.2, -0.15) is 0 Å². The van der Waals surface area contributed by atoms with Crippen molar-refractivity contribution in [2.24, 2.45) is 5.73 Å². The number of thioether (sulfide) groups is 1. The summed E-state index contributed by atoms with van der Waals surface area (Å²) in [6.45, 7) is -0.192. The van der Waals surface area contributed by atoms with Crippen LogP contribution in [-0.4, -0.2) is 24.2 Å². The van der Waals surface area contributed by atoms with Gasteiger partial charge in [0.15, 0.2) is 6.61 Å². The van der Waals surface area contributed by atoms with Crippen molar-refractivity contribution in [3.05, 3.63) is 52.5 Å². The first-order valence-electron chi connectivity index (χ1n) is 6.83. The predicted molar refractivity (Wildman–Crippen MR) is 96.9 cm³/mol. The molecule has 126 valence electrons. The molecule has 2 aromatic rings. The number of carbonyl (C=O) groups is 2. The summed E-state index contributed by atoms with van der Waals surface area (Å²) >= 11 is 13.3. The van der Waals surface area contributed by atoms with E-state index in [0.29, 0.717) is 21.5 Å². The quantitative estimate of drug-likeness (QED) is 0.714. The highest BCUT2D eigenvalue weighted by Gasteiger charge is 2.07. The van der Waals surface area contributed by atoms with E-state index in [0.717, 1.165) is 4.90 Å². The van der Waals surface area contributed by atoms with E-state index in [9.17, 15) is 9.59 Å². The summed E-state index contributed by atoms with van der Waals surface area (Å²) in [5.74, 6) is -0.0437. The Balaban J connectivity index is 1.85. The fourth-order valence-corrected chi connectivity index (χ4v) is 3.01. The Hall–Kier alpha value is -1.89. The van der Waals surface area contributed by atoms with Crippen LogP contribution < -0.4 is 15.8 Å². The monoisotopic (exact) mass is 384 g/mol. The number of halogens is 2. The van der Waals surface area contributed by atoms with Gasteiger partial charge < -0.3 is 15.8 Å². The molecule has 0 bridgehead atoms. The van der Waals surface area contributed by atoms with Gasteiger partial charge in [-0.25, -0.2) is 0 Å². The van der Waals surface area contributed by atoms with E-state index < -0.39 is 5.91 Å². The maximum Gasteiger partial charge on any atom is 0.255 e. The van der Waals surface area contributed by atoms with Crippen molar-refractivity contribution in [3.8, 4) is 5.75 Å². The first kappa shape index (κ1) is 18.4. The van der Waals surface area contributed by atoms with E-state index in [2.05, 4.69) is 5.32 Å². The molecule has 0 radical (unpaired) electrons. The highest BCUT2D eigenvalue weighted by Crippen LogP contribution is 2.29. The van der Waals surface area contributed by atoms with Gasteiger partial charge in [-0.1, -0.05) is 23.2 Å². The minimum atomic E-state index is -0.552. The average Bonchev–Trinajstić information content (AvgIpc) is 2.55. The van der Waals surface area contributed by atoms with Crippen molar-refractivity contribution in [2.75, 3.05) is 17.7 Å². The second-order valence-electron chi connectivity index (χ2n) is 4.69. The minimum Gasteiger partial charge on any atom is -0.484 e. The molecule has 2 aromatic carbocycles. The van der Waals surface area contributed by atoms with Crippen LogP contribution >= 0.6 is 35.0 Å². The lowest BCUT2D eigenvalue weighted by Crippen LogP contribution is -2.20. The Morgan fingerprint density at radius 3 is 2.50 bits per heavy atom. The number of carbonyl (C=O) groups excluding carboxylic acids is 2. The van der Waals surface area contributed by atoms with E-state index in [1.807, 2.05) is 0 Å². The number of amides is 2. The third kappa shape index (κ3) is 5.96. The summed E-state index contributed by atoms with van der Waals surface area (Å²) in [5.41, 5.74) is 5.61. The Labute approximate surface area is 153 Å². The molecule has 0 saturated carbocycles. The van der Waals surface area contributed by atoms with Gasteiger partial charge in [0, 0.05) is 15.6 Å². The van der Waals surface area contributed by atoms with Crippen LogP contribution in [0.1, 0.15) is 0 Å². The second-order valence-corrected chi connectivity index (χ2v) is 6.55. The van der Waals surface area contributed by atoms with Crippen LogP contribution in [0.2, 0.25) is 10.0 Å². The van der Waals surface area contributed by atoms with Gasteiger partial charge in [-0.3, -0.25) is 9.59 Å². The average molecular weight is 385 g/mol. The van der Waals surface area contributed by atoms with Gasteiger partial charge >= 0.3 is 0 Å². The highest BCUT2D eigenvalue weighted by atomic mass is 35.5. The smallest absolute Gasteiger partial charge is 0.255 e. The van der Waals surface area contributed by atoms with Gasteiger partial charge in [-0.15, -0.1) is 11.8 Å². The molecule has 0 atom stereocenters. The van der Waals surface area contributed by atoms with E-state index in [1.54, 1.807) is 42.5 Å². The van der Waals surface area contributed by atoms with E-state index in [1.165, 1.54) is 11.8 Å².